The van der Waals surface area contributed by atoms with Crippen molar-refractivity contribution in [2.45, 2.75) is 24.3 Å². The van der Waals surface area contributed by atoms with Crippen LogP contribution in [0.25, 0.3) is 0 Å². The van der Waals surface area contributed by atoms with Crippen LogP contribution in [0.3, 0.4) is 0 Å². The number of carbonyl (C=O) groups excluding carboxylic acids is 1. The van der Waals surface area contributed by atoms with Crippen LogP contribution in [0.4, 0.5) is 5.69 Å². The first-order valence-electron chi connectivity index (χ1n) is 6.44. The number of carbonyl (C=O) groups is 1. The maximum Gasteiger partial charge on any atom is 0.241 e. The van der Waals surface area contributed by atoms with Gasteiger partial charge < -0.3 is 5.32 Å². The Hall–Kier alpha value is -1.70. The molecule has 0 radical (unpaired) electrons. The van der Waals surface area contributed by atoms with E-state index in [0.717, 1.165) is 4.88 Å². The van der Waals surface area contributed by atoms with E-state index < -0.39 is 10.0 Å². The Morgan fingerprint density at radius 3 is 2.86 bits per heavy atom. The van der Waals surface area contributed by atoms with Crippen molar-refractivity contribution in [2.75, 3.05) is 5.32 Å². The van der Waals surface area contributed by atoms with Gasteiger partial charge in [0, 0.05) is 10.6 Å². The maximum absolute atomic E-state index is 12.4. The average molecular weight is 322 g/mol. The summed E-state index contributed by atoms with van der Waals surface area (Å²) in [7, 11) is -3.61. The summed E-state index contributed by atoms with van der Waals surface area (Å²) >= 11 is 1.51. The van der Waals surface area contributed by atoms with Gasteiger partial charge in [-0.3, -0.25) is 4.79 Å². The van der Waals surface area contributed by atoms with Crippen molar-refractivity contribution in [3.8, 4) is 0 Å². The third-order valence-electron chi connectivity index (χ3n) is 3.31. The van der Waals surface area contributed by atoms with Gasteiger partial charge in [0.1, 0.15) is 0 Å². The third-order valence-corrected chi connectivity index (χ3v) is 5.91. The highest BCUT2D eigenvalue weighted by atomic mass is 32.2. The second kappa shape index (κ2) is 5.25. The molecule has 110 valence electrons. The first-order valence-corrected chi connectivity index (χ1v) is 8.80. The Balaban J connectivity index is 1.86. The Morgan fingerprint density at radius 2 is 2.14 bits per heavy atom. The predicted molar refractivity (Wildman–Crippen MR) is 81.8 cm³/mol. The van der Waals surface area contributed by atoms with Gasteiger partial charge in [-0.05, 0) is 42.1 Å². The van der Waals surface area contributed by atoms with E-state index in [1.165, 1.54) is 17.4 Å². The fourth-order valence-corrected chi connectivity index (χ4v) is 4.35. The van der Waals surface area contributed by atoms with Gasteiger partial charge in [-0.1, -0.05) is 6.07 Å². The second-order valence-corrected chi connectivity index (χ2v) is 7.60. The second-order valence-electron chi connectivity index (χ2n) is 4.90. The van der Waals surface area contributed by atoms with Crippen LogP contribution in [0.5, 0.6) is 0 Å². The van der Waals surface area contributed by atoms with Crippen LogP contribution in [0.2, 0.25) is 0 Å². The lowest BCUT2D eigenvalue weighted by atomic mass is 10.2. The molecule has 2 heterocycles. The van der Waals surface area contributed by atoms with Crippen LogP contribution in [0.1, 0.15) is 23.4 Å². The summed E-state index contributed by atoms with van der Waals surface area (Å²) in [5, 5.41) is 4.60. The van der Waals surface area contributed by atoms with Gasteiger partial charge in [-0.15, -0.1) is 11.3 Å². The number of benzene rings is 1. The number of nitrogens with one attached hydrogen (secondary N) is 2. The summed E-state index contributed by atoms with van der Waals surface area (Å²) in [6.07, 6.45) is 0.221. The summed E-state index contributed by atoms with van der Waals surface area (Å²) in [5.41, 5.74) is 1.40. The molecule has 2 aromatic rings. The minimum atomic E-state index is -3.61. The number of hydrogen-bond acceptors (Lipinski definition) is 4. The molecule has 1 amide bonds. The molecule has 5 nitrogen and oxygen atoms in total. The predicted octanol–water partition coefficient (Wildman–Crippen LogP) is 2.28. The summed E-state index contributed by atoms with van der Waals surface area (Å²) in [4.78, 5) is 12.5. The molecule has 1 aromatic heterocycles. The molecule has 0 aliphatic carbocycles. The van der Waals surface area contributed by atoms with E-state index >= 15 is 0 Å². The lowest BCUT2D eigenvalue weighted by Crippen LogP contribution is -2.26. The molecule has 1 aromatic carbocycles. The van der Waals surface area contributed by atoms with E-state index in [1.54, 1.807) is 12.1 Å². The van der Waals surface area contributed by atoms with Crippen molar-refractivity contribution >= 4 is 33.0 Å². The van der Waals surface area contributed by atoms with Gasteiger partial charge in [0.25, 0.3) is 0 Å². The molecule has 1 aliphatic heterocycles. The first-order chi connectivity index (χ1) is 9.95. The number of sulfonamides is 1. The highest BCUT2D eigenvalue weighted by Crippen LogP contribution is 2.27. The summed E-state index contributed by atoms with van der Waals surface area (Å²) in [6, 6.07) is 8.18. The number of fused-ring (bicyclic) bond motifs is 1. The molecule has 1 atom stereocenters. The zero-order valence-electron chi connectivity index (χ0n) is 11.3. The number of thiophene rings is 1. The monoisotopic (exact) mass is 322 g/mol. The van der Waals surface area contributed by atoms with Crippen molar-refractivity contribution in [1.29, 1.82) is 0 Å². The van der Waals surface area contributed by atoms with Crippen LogP contribution >= 0.6 is 11.3 Å². The Labute approximate surface area is 127 Å². The molecule has 0 saturated heterocycles. The molecule has 0 bridgehead atoms. The van der Waals surface area contributed by atoms with Gasteiger partial charge in [0.2, 0.25) is 15.9 Å². The fraction of sp³-hybridized carbons (Fsp3) is 0.214. The minimum Gasteiger partial charge on any atom is -0.326 e. The minimum absolute atomic E-state index is 0.112. The van der Waals surface area contributed by atoms with Crippen LogP contribution < -0.4 is 10.0 Å². The zero-order chi connectivity index (χ0) is 15.0. The normalized spacial score (nSPS) is 15.6. The molecule has 0 spiro atoms. The Morgan fingerprint density at radius 1 is 1.33 bits per heavy atom. The molecule has 0 fully saturated rings. The quantitative estimate of drug-likeness (QED) is 0.907. The third kappa shape index (κ3) is 2.85. The number of anilines is 1. The largest absolute Gasteiger partial charge is 0.326 e. The van der Waals surface area contributed by atoms with Crippen molar-refractivity contribution < 1.29 is 13.2 Å². The molecule has 0 saturated carbocycles. The molecule has 1 aliphatic rings. The summed E-state index contributed by atoms with van der Waals surface area (Å²) in [5.74, 6) is -0.112. The molecule has 21 heavy (non-hydrogen) atoms. The average Bonchev–Trinajstić information content (AvgIpc) is 3.04. The first kappa shape index (κ1) is 14.2. The van der Waals surface area contributed by atoms with Crippen LogP contribution in [0.15, 0.2) is 40.6 Å². The molecule has 1 unspecified atom stereocenters. The van der Waals surface area contributed by atoms with Gasteiger partial charge in [0.15, 0.2) is 0 Å². The Kier molecular flexibility index (Phi) is 3.56. The summed E-state index contributed by atoms with van der Waals surface area (Å²) < 4.78 is 27.5. The van der Waals surface area contributed by atoms with Crippen molar-refractivity contribution in [2.24, 2.45) is 0 Å². The highest BCUT2D eigenvalue weighted by Gasteiger charge is 2.23. The molecule has 2 N–H and O–H groups in total. The van der Waals surface area contributed by atoms with Crippen LogP contribution in [0, 0.1) is 0 Å². The number of rotatable bonds is 4. The zero-order valence-corrected chi connectivity index (χ0v) is 12.9. The van der Waals surface area contributed by atoms with E-state index in [-0.39, 0.29) is 23.3 Å². The van der Waals surface area contributed by atoms with Crippen molar-refractivity contribution in [1.82, 2.24) is 4.72 Å². The van der Waals surface area contributed by atoms with E-state index in [1.807, 2.05) is 24.4 Å². The molecule has 7 heteroatoms. The number of hydrogen-bond donors (Lipinski definition) is 2. The van der Waals surface area contributed by atoms with E-state index in [9.17, 15) is 13.2 Å². The lowest BCUT2D eigenvalue weighted by Gasteiger charge is -2.13. The van der Waals surface area contributed by atoms with Gasteiger partial charge in [-0.2, -0.15) is 0 Å². The van der Waals surface area contributed by atoms with Crippen molar-refractivity contribution in [3.05, 3.63) is 46.2 Å². The van der Waals surface area contributed by atoms with Crippen molar-refractivity contribution in [3.63, 3.8) is 0 Å². The topological polar surface area (TPSA) is 75.3 Å². The SMILES string of the molecule is CC(NS(=O)(=O)c1ccc2c(c1)CC(=O)N2)c1cccs1. The standard InChI is InChI=1S/C14H14N2O3S2/c1-9(13-3-2-6-20-13)16-21(18,19)11-4-5-12-10(7-11)8-14(17)15-12/h2-7,9,16H,8H2,1H3,(H,15,17). The molecular weight excluding hydrogens is 308 g/mol. The molecule has 3 rings (SSSR count). The summed E-state index contributed by atoms with van der Waals surface area (Å²) in [6.45, 7) is 1.81. The fourth-order valence-electron chi connectivity index (χ4n) is 2.27. The highest BCUT2D eigenvalue weighted by molar-refractivity contribution is 7.89. The van der Waals surface area contributed by atoms with Gasteiger partial charge in [-0.25, -0.2) is 13.1 Å². The van der Waals surface area contributed by atoms with E-state index in [2.05, 4.69) is 10.0 Å². The Bertz CT molecular complexity index is 783. The van der Waals surface area contributed by atoms with E-state index in [0.29, 0.717) is 11.3 Å². The maximum atomic E-state index is 12.4. The molecular formula is C14H14N2O3S2. The van der Waals surface area contributed by atoms with Crippen LogP contribution in [-0.2, 0) is 21.2 Å². The smallest absolute Gasteiger partial charge is 0.241 e. The number of amides is 1. The van der Waals surface area contributed by atoms with Gasteiger partial charge in [0.05, 0.1) is 17.4 Å². The van der Waals surface area contributed by atoms with E-state index in [4.69, 9.17) is 0 Å². The van der Waals surface area contributed by atoms with Crippen LogP contribution in [-0.4, -0.2) is 14.3 Å². The van der Waals surface area contributed by atoms with Gasteiger partial charge >= 0.3 is 0 Å². The lowest BCUT2D eigenvalue weighted by molar-refractivity contribution is -0.115.